The summed E-state index contributed by atoms with van der Waals surface area (Å²) in [6.07, 6.45) is 2.00. The third-order valence-corrected chi connectivity index (χ3v) is 4.77. The van der Waals surface area contributed by atoms with E-state index in [2.05, 4.69) is 0 Å². The highest BCUT2D eigenvalue weighted by atomic mass is 16.6. The van der Waals surface area contributed by atoms with Crippen molar-refractivity contribution in [3.8, 4) is 0 Å². The Hall–Kier alpha value is -1.39. The predicted molar refractivity (Wildman–Crippen MR) is 66.6 cm³/mol. The molecule has 2 fully saturated rings. The van der Waals surface area contributed by atoms with E-state index in [1.807, 2.05) is 18.2 Å². The molecular formula is C15H16O4. The van der Waals surface area contributed by atoms with E-state index in [1.54, 1.807) is 6.07 Å². The number of aliphatic hydroxyl groups is 1. The van der Waals surface area contributed by atoms with Crippen LogP contribution >= 0.6 is 0 Å². The predicted octanol–water partition coefficient (Wildman–Crippen LogP) is 1.68. The van der Waals surface area contributed by atoms with Crippen molar-refractivity contribution in [3.05, 3.63) is 35.4 Å². The number of esters is 1. The molecule has 2 bridgehead atoms. The molecule has 0 aliphatic carbocycles. The molecule has 1 aromatic rings. The van der Waals surface area contributed by atoms with Crippen LogP contribution in [0.15, 0.2) is 24.3 Å². The molecule has 19 heavy (non-hydrogen) atoms. The summed E-state index contributed by atoms with van der Waals surface area (Å²) in [6.45, 7) is 0.0993. The second-order valence-electron chi connectivity index (χ2n) is 5.63. The summed E-state index contributed by atoms with van der Waals surface area (Å²) in [7, 11) is 0. The van der Waals surface area contributed by atoms with Crippen molar-refractivity contribution in [1.29, 1.82) is 0 Å². The lowest BCUT2D eigenvalue weighted by molar-refractivity contribution is -0.00171. The zero-order valence-corrected chi connectivity index (χ0v) is 10.5. The van der Waals surface area contributed by atoms with E-state index in [1.165, 1.54) is 0 Å². The van der Waals surface area contributed by atoms with Gasteiger partial charge >= 0.3 is 5.97 Å². The number of benzene rings is 1. The average molecular weight is 260 g/mol. The molecule has 1 N–H and O–H groups in total. The van der Waals surface area contributed by atoms with Gasteiger partial charge in [0.1, 0.15) is 6.10 Å². The number of hydrogen-bond donors (Lipinski definition) is 1. The zero-order valence-electron chi connectivity index (χ0n) is 10.5. The number of ether oxygens (including phenoxy) is 2. The molecule has 0 aromatic heterocycles. The number of rotatable bonds is 2. The molecule has 100 valence electrons. The highest BCUT2D eigenvalue weighted by molar-refractivity contribution is 5.94. The maximum Gasteiger partial charge on any atom is 0.339 e. The summed E-state index contributed by atoms with van der Waals surface area (Å²) in [5.41, 5.74) is 1.61. The summed E-state index contributed by atoms with van der Waals surface area (Å²) < 4.78 is 11.5. The summed E-state index contributed by atoms with van der Waals surface area (Å²) in [5.74, 6) is -0.0703. The topological polar surface area (TPSA) is 55.8 Å². The first-order chi connectivity index (χ1) is 9.29. The molecule has 0 saturated carbocycles. The van der Waals surface area contributed by atoms with Crippen LogP contribution < -0.4 is 0 Å². The molecule has 0 amide bonds. The molecule has 0 radical (unpaired) electrons. The Labute approximate surface area is 111 Å². The number of cyclic esters (lactones) is 1. The Bertz CT molecular complexity index is 527. The quantitative estimate of drug-likeness (QED) is 0.822. The summed E-state index contributed by atoms with van der Waals surface area (Å²) >= 11 is 0. The van der Waals surface area contributed by atoms with Crippen LogP contribution in [0.5, 0.6) is 0 Å². The Balaban J connectivity index is 1.72. The lowest BCUT2D eigenvalue weighted by Crippen LogP contribution is -2.34. The standard InChI is InChI=1S/C15H16O4/c16-7-10-11-5-6-12(18-11)13(10)14-8-3-1-2-4-9(8)15(17)19-14/h1-4,10-14,16H,5-7H2/t10-,11-,12+,13-,14?/m1/s1. The van der Waals surface area contributed by atoms with E-state index in [0.717, 1.165) is 18.4 Å². The normalized spacial score (nSPS) is 39.4. The fraction of sp³-hybridized carbons (Fsp3) is 0.533. The number of hydrogen-bond acceptors (Lipinski definition) is 4. The van der Waals surface area contributed by atoms with Gasteiger partial charge in [-0.05, 0) is 18.9 Å². The highest BCUT2D eigenvalue weighted by Gasteiger charge is 2.54. The first-order valence-corrected chi connectivity index (χ1v) is 6.86. The Morgan fingerprint density at radius 1 is 1.21 bits per heavy atom. The fourth-order valence-electron chi connectivity index (χ4n) is 3.93. The molecule has 0 spiro atoms. The van der Waals surface area contributed by atoms with Gasteiger partial charge in [0.15, 0.2) is 0 Å². The molecule has 5 atom stereocenters. The zero-order chi connectivity index (χ0) is 13.0. The van der Waals surface area contributed by atoms with Gasteiger partial charge < -0.3 is 14.6 Å². The van der Waals surface area contributed by atoms with Crippen LogP contribution in [-0.2, 0) is 9.47 Å². The maximum absolute atomic E-state index is 11.9. The van der Waals surface area contributed by atoms with Crippen molar-refractivity contribution in [3.63, 3.8) is 0 Å². The number of aliphatic hydroxyl groups excluding tert-OH is 1. The van der Waals surface area contributed by atoms with Crippen molar-refractivity contribution in [2.75, 3.05) is 6.61 Å². The van der Waals surface area contributed by atoms with E-state index in [4.69, 9.17) is 9.47 Å². The van der Waals surface area contributed by atoms with Crippen molar-refractivity contribution in [2.24, 2.45) is 11.8 Å². The van der Waals surface area contributed by atoms with Crippen molar-refractivity contribution >= 4 is 5.97 Å². The molecule has 2 saturated heterocycles. The van der Waals surface area contributed by atoms with Gasteiger partial charge in [-0.25, -0.2) is 4.79 Å². The number of carbonyl (C=O) groups is 1. The van der Waals surface area contributed by atoms with Gasteiger partial charge in [-0.3, -0.25) is 0 Å². The SMILES string of the molecule is O=C1OC([C@@H]2[C@H](CO)[C@H]3CC[C@@H]2O3)c2ccccc21. The monoisotopic (exact) mass is 260 g/mol. The van der Waals surface area contributed by atoms with E-state index >= 15 is 0 Å². The lowest BCUT2D eigenvalue weighted by atomic mass is 9.75. The molecular weight excluding hydrogens is 244 g/mol. The summed E-state index contributed by atoms with van der Waals surface area (Å²) in [6, 6.07) is 7.53. The van der Waals surface area contributed by atoms with Crippen LogP contribution in [-0.4, -0.2) is 29.9 Å². The van der Waals surface area contributed by atoms with Gasteiger partial charge in [-0.1, -0.05) is 18.2 Å². The molecule has 1 unspecified atom stereocenters. The van der Waals surface area contributed by atoms with Crippen LogP contribution in [0.4, 0.5) is 0 Å². The Kier molecular flexibility index (Phi) is 2.44. The van der Waals surface area contributed by atoms with Crippen molar-refractivity contribution in [2.45, 2.75) is 31.2 Å². The number of fused-ring (bicyclic) bond motifs is 3. The van der Waals surface area contributed by atoms with Gasteiger partial charge in [-0.15, -0.1) is 0 Å². The molecule has 4 nitrogen and oxygen atoms in total. The third-order valence-electron chi connectivity index (χ3n) is 4.77. The van der Waals surface area contributed by atoms with Crippen LogP contribution in [0.2, 0.25) is 0 Å². The minimum absolute atomic E-state index is 0.0858. The molecule has 4 rings (SSSR count). The summed E-state index contributed by atoms with van der Waals surface area (Å²) in [5, 5.41) is 9.61. The molecule has 4 heteroatoms. The van der Waals surface area contributed by atoms with Gasteiger partial charge in [0.05, 0.1) is 17.8 Å². The Morgan fingerprint density at radius 3 is 2.84 bits per heavy atom. The first-order valence-electron chi connectivity index (χ1n) is 6.86. The minimum Gasteiger partial charge on any atom is -0.453 e. The highest BCUT2D eigenvalue weighted by Crippen LogP contribution is 2.51. The lowest BCUT2D eigenvalue weighted by Gasteiger charge is -2.30. The van der Waals surface area contributed by atoms with Gasteiger partial charge in [0.25, 0.3) is 0 Å². The minimum atomic E-state index is -0.254. The third kappa shape index (κ3) is 1.50. The molecule has 3 aliphatic rings. The number of carbonyl (C=O) groups excluding carboxylic acids is 1. The van der Waals surface area contributed by atoms with Crippen molar-refractivity contribution < 1.29 is 19.4 Å². The van der Waals surface area contributed by atoms with Gasteiger partial charge in [0.2, 0.25) is 0 Å². The van der Waals surface area contributed by atoms with Crippen LogP contribution in [0.25, 0.3) is 0 Å². The molecule has 3 heterocycles. The van der Waals surface area contributed by atoms with E-state index in [9.17, 15) is 9.90 Å². The second-order valence-corrected chi connectivity index (χ2v) is 5.63. The summed E-state index contributed by atoms with van der Waals surface area (Å²) in [4.78, 5) is 11.9. The van der Waals surface area contributed by atoms with Gasteiger partial charge in [0, 0.05) is 24.0 Å². The van der Waals surface area contributed by atoms with Crippen molar-refractivity contribution in [1.82, 2.24) is 0 Å². The second kappa shape index (κ2) is 4.05. The van der Waals surface area contributed by atoms with E-state index in [0.29, 0.717) is 5.56 Å². The van der Waals surface area contributed by atoms with Gasteiger partial charge in [-0.2, -0.15) is 0 Å². The first kappa shape index (κ1) is 11.4. The molecule has 3 aliphatic heterocycles. The van der Waals surface area contributed by atoms with E-state index < -0.39 is 0 Å². The van der Waals surface area contributed by atoms with Crippen LogP contribution in [0.3, 0.4) is 0 Å². The van der Waals surface area contributed by atoms with E-state index in [-0.39, 0.29) is 42.7 Å². The Morgan fingerprint density at radius 2 is 2.00 bits per heavy atom. The van der Waals surface area contributed by atoms with Crippen LogP contribution in [0.1, 0.15) is 34.9 Å². The maximum atomic E-state index is 11.9. The van der Waals surface area contributed by atoms with Crippen LogP contribution in [0, 0.1) is 11.8 Å². The smallest absolute Gasteiger partial charge is 0.339 e. The molecule has 1 aromatic carbocycles. The largest absolute Gasteiger partial charge is 0.453 e. The fourth-order valence-corrected chi connectivity index (χ4v) is 3.93. The average Bonchev–Trinajstić information content (AvgIpc) is 3.11.